The minimum atomic E-state index is -2.91. The lowest BCUT2D eigenvalue weighted by Crippen LogP contribution is -2.30. The molecule has 0 atom stereocenters. The maximum atomic E-state index is 13.2. The number of aryl methyl sites for hydroxylation is 2. The van der Waals surface area contributed by atoms with Crippen LogP contribution in [-0.2, 0) is 19.3 Å². The van der Waals surface area contributed by atoms with Gasteiger partial charge in [-0.1, -0.05) is 17.7 Å². The normalized spacial score (nSPS) is 15.8. The van der Waals surface area contributed by atoms with Gasteiger partial charge in [-0.05, 0) is 36.8 Å². The van der Waals surface area contributed by atoms with Crippen molar-refractivity contribution in [1.82, 2.24) is 4.98 Å². The third-order valence-corrected chi connectivity index (χ3v) is 3.40. The van der Waals surface area contributed by atoms with Crippen molar-refractivity contribution in [2.45, 2.75) is 38.0 Å². The van der Waals surface area contributed by atoms with Crippen molar-refractivity contribution in [1.29, 1.82) is 0 Å². The predicted molar refractivity (Wildman–Crippen MR) is 63.6 cm³/mol. The first-order chi connectivity index (χ1) is 8.02. The first kappa shape index (κ1) is 12.7. The fraction of sp³-hybridized carbons (Fsp3) is 0.583. The quantitative estimate of drug-likeness (QED) is 0.849. The number of alkyl halides is 2. The number of nitrogens with two attached hydrogens (primary N) is 1. The van der Waals surface area contributed by atoms with E-state index in [2.05, 4.69) is 4.98 Å². The van der Waals surface area contributed by atoms with Gasteiger partial charge in [0.05, 0.1) is 6.54 Å². The van der Waals surface area contributed by atoms with Gasteiger partial charge < -0.3 is 5.73 Å². The van der Waals surface area contributed by atoms with E-state index in [0.717, 1.165) is 36.9 Å². The highest BCUT2D eigenvalue weighted by Crippen LogP contribution is 2.28. The predicted octanol–water partition coefficient (Wildman–Crippen LogP) is 2.75. The number of hydrogen-bond donors (Lipinski definition) is 1. The van der Waals surface area contributed by atoms with Gasteiger partial charge in [0.1, 0.15) is 5.15 Å². The molecule has 0 amide bonds. The number of pyridine rings is 1. The van der Waals surface area contributed by atoms with Crippen molar-refractivity contribution in [3.05, 3.63) is 28.0 Å². The average molecular weight is 261 g/mol. The van der Waals surface area contributed by atoms with E-state index >= 15 is 0 Å². The van der Waals surface area contributed by atoms with Crippen LogP contribution in [0.15, 0.2) is 6.07 Å². The van der Waals surface area contributed by atoms with Gasteiger partial charge in [0.25, 0.3) is 5.92 Å². The van der Waals surface area contributed by atoms with Crippen LogP contribution in [0.25, 0.3) is 0 Å². The standard InChI is InChI=1S/C12H15ClF2N2/c13-11-9(6-12(14,15)7-16)5-8-3-1-2-4-10(8)17-11/h5H,1-4,6-7,16H2. The summed E-state index contributed by atoms with van der Waals surface area (Å²) in [4.78, 5) is 4.22. The topological polar surface area (TPSA) is 38.9 Å². The van der Waals surface area contributed by atoms with E-state index in [0.29, 0.717) is 5.56 Å². The second-order valence-corrected chi connectivity index (χ2v) is 4.85. The van der Waals surface area contributed by atoms with Crippen molar-refractivity contribution in [3.63, 3.8) is 0 Å². The zero-order chi connectivity index (χ0) is 12.5. The second-order valence-electron chi connectivity index (χ2n) is 4.49. The zero-order valence-corrected chi connectivity index (χ0v) is 10.2. The van der Waals surface area contributed by atoms with Crippen molar-refractivity contribution >= 4 is 11.6 Å². The first-order valence-electron chi connectivity index (χ1n) is 5.77. The molecule has 1 aromatic rings. The summed E-state index contributed by atoms with van der Waals surface area (Å²) in [6.45, 7) is -0.666. The molecule has 1 aromatic heterocycles. The molecule has 17 heavy (non-hydrogen) atoms. The van der Waals surface area contributed by atoms with Crippen molar-refractivity contribution in [2.24, 2.45) is 5.73 Å². The summed E-state index contributed by atoms with van der Waals surface area (Å²) in [6, 6.07) is 1.77. The Kier molecular flexibility index (Phi) is 3.64. The lowest BCUT2D eigenvalue weighted by atomic mass is 9.94. The van der Waals surface area contributed by atoms with Crippen LogP contribution in [0.2, 0.25) is 5.15 Å². The summed E-state index contributed by atoms with van der Waals surface area (Å²) in [5.74, 6) is -2.91. The Hall–Kier alpha value is -0.740. The van der Waals surface area contributed by atoms with Gasteiger partial charge in [-0.25, -0.2) is 13.8 Å². The van der Waals surface area contributed by atoms with Crippen LogP contribution in [-0.4, -0.2) is 17.5 Å². The summed E-state index contributed by atoms with van der Waals surface area (Å²) in [6.07, 6.45) is 3.55. The Morgan fingerprint density at radius 2 is 2.06 bits per heavy atom. The molecule has 0 aromatic carbocycles. The molecule has 0 fully saturated rings. The highest BCUT2D eigenvalue weighted by Gasteiger charge is 2.29. The number of fused-ring (bicyclic) bond motifs is 1. The van der Waals surface area contributed by atoms with E-state index in [1.54, 1.807) is 6.07 Å². The summed E-state index contributed by atoms with van der Waals surface area (Å²) in [7, 11) is 0. The van der Waals surface area contributed by atoms with Gasteiger partial charge >= 0.3 is 0 Å². The Balaban J connectivity index is 2.29. The van der Waals surface area contributed by atoms with Crippen LogP contribution in [0.3, 0.4) is 0 Å². The van der Waals surface area contributed by atoms with Gasteiger partial charge in [-0.2, -0.15) is 0 Å². The molecule has 0 aliphatic heterocycles. The Labute approximate surface area is 104 Å². The largest absolute Gasteiger partial charge is 0.325 e. The molecule has 2 nitrogen and oxygen atoms in total. The van der Waals surface area contributed by atoms with Crippen LogP contribution in [0.1, 0.15) is 29.7 Å². The fourth-order valence-electron chi connectivity index (χ4n) is 2.13. The molecular formula is C12H15ClF2N2. The third-order valence-electron chi connectivity index (χ3n) is 3.07. The van der Waals surface area contributed by atoms with Crippen LogP contribution >= 0.6 is 11.6 Å². The molecule has 5 heteroatoms. The van der Waals surface area contributed by atoms with E-state index in [-0.39, 0.29) is 5.15 Å². The van der Waals surface area contributed by atoms with Gasteiger partial charge in [0.2, 0.25) is 0 Å². The first-order valence-corrected chi connectivity index (χ1v) is 6.15. The minimum absolute atomic E-state index is 0.193. The number of aromatic nitrogens is 1. The van der Waals surface area contributed by atoms with Crippen LogP contribution in [0.5, 0.6) is 0 Å². The molecule has 1 aliphatic carbocycles. The van der Waals surface area contributed by atoms with E-state index in [9.17, 15) is 8.78 Å². The molecule has 1 aliphatic rings. The van der Waals surface area contributed by atoms with E-state index in [4.69, 9.17) is 17.3 Å². The molecule has 0 unspecified atom stereocenters. The SMILES string of the molecule is NCC(F)(F)Cc1cc2c(nc1Cl)CCCC2. The molecule has 1 heterocycles. The number of halogens is 3. The van der Waals surface area contributed by atoms with Gasteiger partial charge in [-0.15, -0.1) is 0 Å². The van der Waals surface area contributed by atoms with Gasteiger partial charge in [0, 0.05) is 12.1 Å². The number of hydrogen-bond acceptors (Lipinski definition) is 2. The molecule has 2 rings (SSSR count). The van der Waals surface area contributed by atoms with Crippen LogP contribution in [0.4, 0.5) is 8.78 Å². The zero-order valence-electron chi connectivity index (χ0n) is 9.48. The Morgan fingerprint density at radius 1 is 1.35 bits per heavy atom. The maximum Gasteiger partial charge on any atom is 0.264 e. The molecule has 94 valence electrons. The van der Waals surface area contributed by atoms with Crippen molar-refractivity contribution in [3.8, 4) is 0 Å². The Morgan fingerprint density at radius 3 is 2.76 bits per heavy atom. The lowest BCUT2D eigenvalue weighted by molar-refractivity contribution is 0.0114. The molecule has 0 bridgehead atoms. The Bertz CT molecular complexity index is 421. The average Bonchev–Trinajstić information content (AvgIpc) is 2.30. The van der Waals surface area contributed by atoms with E-state index in [1.807, 2.05) is 0 Å². The van der Waals surface area contributed by atoms with Crippen LogP contribution < -0.4 is 5.73 Å². The summed E-state index contributed by atoms with van der Waals surface area (Å²) >= 11 is 5.94. The highest BCUT2D eigenvalue weighted by atomic mass is 35.5. The lowest BCUT2D eigenvalue weighted by Gasteiger charge is -2.19. The highest BCUT2D eigenvalue weighted by molar-refractivity contribution is 6.30. The number of rotatable bonds is 3. The second kappa shape index (κ2) is 4.86. The fourth-order valence-corrected chi connectivity index (χ4v) is 2.35. The molecule has 0 radical (unpaired) electrons. The molecule has 0 spiro atoms. The summed E-state index contributed by atoms with van der Waals surface area (Å²) in [5, 5.41) is 0.193. The van der Waals surface area contributed by atoms with Gasteiger partial charge in [0.15, 0.2) is 0 Å². The minimum Gasteiger partial charge on any atom is -0.325 e. The van der Waals surface area contributed by atoms with E-state index < -0.39 is 18.9 Å². The monoisotopic (exact) mass is 260 g/mol. The van der Waals surface area contributed by atoms with E-state index in [1.165, 1.54) is 0 Å². The molecule has 0 saturated heterocycles. The summed E-state index contributed by atoms with van der Waals surface area (Å²) < 4.78 is 26.5. The summed E-state index contributed by atoms with van der Waals surface area (Å²) in [5.41, 5.74) is 7.45. The number of nitrogens with zero attached hydrogens (tertiary/aromatic N) is 1. The van der Waals surface area contributed by atoms with Crippen molar-refractivity contribution in [2.75, 3.05) is 6.54 Å². The van der Waals surface area contributed by atoms with Crippen LogP contribution in [0, 0.1) is 0 Å². The molecular weight excluding hydrogens is 246 g/mol. The van der Waals surface area contributed by atoms with Crippen molar-refractivity contribution < 1.29 is 8.78 Å². The molecule has 0 saturated carbocycles. The maximum absolute atomic E-state index is 13.2. The smallest absolute Gasteiger partial charge is 0.264 e. The van der Waals surface area contributed by atoms with Gasteiger partial charge in [-0.3, -0.25) is 0 Å². The molecule has 2 N–H and O–H groups in total. The third kappa shape index (κ3) is 2.93.